The van der Waals surface area contributed by atoms with E-state index in [1.807, 2.05) is 6.92 Å². The number of aliphatic carboxylic acids is 1. The summed E-state index contributed by atoms with van der Waals surface area (Å²) >= 11 is 0. The predicted molar refractivity (Wildman–Crippen MR) is 79.3 cm³/mol. The molecule has 0 aromatic carbocycles. The molecule has 0 bridgehead atoms. The van der Waals surface area contributed by atoms with Crippen LogP contribution >= 0.6 is 0 Å². The Bertz CT molecular complexity index is 341. The van der Waals surface area contributed by atoms with E-state index in [-0.39, 0.29) is 6.04 Å². The van der Waals surface area contributed by atoms with Crippen LogP contribution in [-0.4, -0.2) is 68.1 Å². The van der Waals surface area contributed by atoms with Crippen molar-refractivity contribution in [3.63, 3.8) is 0 Å². The lowest BCUT2D eigenvalue weighted by Gasteiger charge is -2.33. The summed E-state index contributed by atoms with van der Waals surface area (Å²) in [6.45, 7) is 8.24. The lowest BCUT2D eigenvalue weighted by molar-refractivity contribution is -0.142. The molecule has 0 spiro atoms. The zero-order valence-corrected chi connectivity index (χ0v) is 13.8. The summed E-state index contributed by atoms with van der Waals surface area (Å²) in [5.74, 6) is -1.05. The van der Waals surface area contributed by atoms with Crippen LogP contribution in [0.25, 0.3) is 0 Å². The third-order valence-corrected chi connectivity index (χ3v) is 3.12. The molecule has 2 N–H and O–H groups in total. The molecule has 0 heterocycles. The molecule has 2 amide bonds. The highest BCUT2D eigenvalue weighted by molar-refractivity contribution is 5.83. The molecule has 0 saturated heterocycles. The fourth-order valence-corrected chi connectivity index (χ4v) is 1.90. The Balaban J connectivity index is 4.97. The summed E-state index contributed by atoms with van der Waals surface area (Å²) in [6.07, 6.45) is 0. The summed E-state index contributed by atoms with van der Waals surface area (Å²) in [5, 5.41) is 11.9. The van der Waals surface area contributed by atoms with E-state index in [0.717, 1.165) is 0 Å². The van der Waals surface area contributed by atoms with Gasteiger partial charge in [-0.25, -0.2) is 9.59 Å². The van der Waals surface area contributed by atoms with Gasteiger partial charge in [0.15, 0.2) is 0 Å². The number of carboxylic acids is 1. The van der Waals surface area contributed by atoms with Gasteiger partial charge in [0.1, 0.15) is 6.04 Å². The Morgan fingerprint density at radius 3 is 2.19 bits per heavy atom. The van der Waals surface area contributed by atoms with Gasteiger partial charge in [0, 0.05) is 20.8 Å². The van der Waals surface area contributed by atoms with Crippen molar-refractivity contribution < 1.29 is 24.2 Å². The Morgan fingerprint density at radius 2 is 1.81 bits per heavy atom. The van der Waals surface area contributed by atoms with Crippen molar-refractivity contribution in [2.24, 2.45) is 5.41 Å². The van der Waals surface area contributed by atoms with Crippen molar-refractivity contribution in [3.8, 4) is 0 Å². The number of carboxylic acid groups (broad SMARTS) is 1. The monoisotopic (exact) mass is 304 g/mol. The molecule has 21 heavy (non-hydrogen) atoms. The molecule has 0 aliphatic rings. The van der Waals surface area contributed by atoms with E-state index in [4.69, 9.17) is 9.47 Å². The van der Waals surface area contributed by atoms with Crippen molar-refractivity contribution in [1.82, 2.24) is 10.2 Å². The van der Waals surface area contributed by atoms with Gasteiger partial charge in [-0.1, -0.05) is 20.8 Å². The zero-order valence-electron chi connectivity index (χ0n) is 13.8. The van der Waals surface area contributed by atoms with Crippen LogP contribution in [0.3, 0.4) is 0 Å². The Kier molecular flexibility index (Phi) is 8.27. The second-order valence-electron chi connectivity index (χ2n) is 6.08. The first-order valence-electron chi connectivity index (χ1n) is 6.93. The molecule has 2 atom stereocenters. The zero-order chi connectivity index (χ0) is 16.6. The van der Waals surface area contributed by atoms with Gasteiger partial charge in [0.05, 0.1) is 19.3 Å². The van der Waals surface area contributed by atoms with Gasteiger partial charge >= 0.3 is 12.0 Å². The molecule has 7 heteroatoms. The van der Waals surface area contributed by atoms with Crippen molar-refractivity contribution in [2.45, 2.75) is 39.8 Å². The van der Waals surface area contributed by atoms with Crippen LogP contribution in [0.5, 0.6) is 0 Å². The van der Waals surface area contributed by atoms with Gasteiger partial charge in [0.2, 0.25) is 0 Å². The fraction of sp³-hybridized carbons (Fsp3) is 0.857. The van der Waals surface area contributed by atoms with E-state index in [9.17, 15) is 14.7 Å². The largest absolute Gasteiger partial charge is 0.480 e. The van der Waals surface area contributed by atoms with E-state index < -0.39 is 23.5 Å². The minimum atomic E-state index is -1.05. The number of urea groups is 1. The predicted octanol–water partition coefficient (Wildman–Crippen LogP) is 1.18. The lowest BCUT2D eigenvalue weighted by Crippen LogP contribution is -2.56. The average molecular weight is 304 g/mol. The quantitative estimate of drug-likeness (QED) is 0.703. The van der Waals surface area contributed by atoms with Gasteiger partial charge in [-0.2, -0.15) is 0 Å². The maximum atomic E-state index is 12.4. The molecule has 0 aromatic rings. The molecule has 0 aromatic heterocycles. The van der Waals surface area contributed by atoms with Gasteiger partial charge in [-0.05, 0) is 12.3 Å². The first-order valence-corrected chi connectivity index (χ1v) is 6.93. The number of rotatable bonds is 8. The Hall–Kier alpha value is -1.34. The average Bonchev–Trinajstić information content (AvgIpc) is 2.35. The number of hydrogen-bond donors (Lipinski definition) is 2. The van der Waals surface area contributed by atoms with Crippen molar-refractivity contribution in [1.29, 1.82) is 0 Å². The number of ether oxygens (including phenoxy) is 2. The molecule has 7 nitrogen and oxygen atoms in total. The molecule has 0 radical (unpaired) electrons. The van der Waals surface area contributed by atoms with E-state index in [0.29, 0.717) is 19.8 Å². The van der Waals surface area contributed by atoms with Gasteiger partial charge in [-0.3, -0.25) is 0 Å². The highest BCUT2D eigenvalue weighted by atomic mass is 16.5. The number of methoxy groups -OCH3 is 2. The maximum Gasteiger partial charge on any atom is 0.326 e. The molecule has 0 aliphatic heterocycles. The molecule has 0 fully saturated rings. The molecular formula is C14H28N2O5. The Morgan fingerprint density at radius 1 is 1.24 bits per heavy atom. The number of amides is 2. The molecule has 0 aliphatic carbocycles. The van der Waals surface area contributed by atoms with Gasteiger partial charge < -0.3 is 24.8 Å². The molecule has 0 rings (SSSR count). The van der Waals surface area contributed by atoms with E-state index in [1.54, 1.807) is 35.0 Å². The summed E-state index contributed by atoms with van der Waals surface area (Å²) < 4.78 is 10.0. The first kappa shape index (κ1) is 19.7. The minimum Gasteiger partial charge on any atom is -0.480 e. The lowest BCUT2D eigenvalue weighted by atomic mass is 9.87. The molecule has 0 saturated carbocycles. The maximum absolute atomic E-state index is 12.4. The van der Waals surface area contributed by atoms with Crippen LogP contribution in [-0.2, 0) is 14.3 Å². The highest BCUT2D eigenvalue weighted by Gasteiger charge is 2.34. The van der Waals surface area contributed by atoms with Crippen molar-refractivity contribution in [2.75, 3.05) is 34.0 Å². The third-order valence-electron chi connectivity index (χ3n) is 3.12. The summed E-state index contributed by atoms with van der Waals surface area (Å²) in [5.41, 5.74) is -0.584. The van der Waals surface area contributed by atoms with Crippen LogP contribution < -0.4 is 5.32 Å². The van der Waals surface area contributed by atoms with Crippen molar-refractivity contribution >= 4 is 12.0 Å². The van der Waals surface area contributed by atoms with Gasteiger partial charge in [-0.15, -0.1) is 0 Å². The number of carbonyl (C=O) groups is 2. The number of nitrogens with one attached hydrogen (secondary N) is 1. The molecule has 124 valence electrons. The van der Waals surface area contributed by atoms with Gasteiger partial charge in [0.25, 0.3) is 0 Å². The summed E-state index contributed by atoms with van der Waals surface area (Å²) in [7, 11) is 3.10. The van der Waals surface area contributed by atoms with E-state index in [2.05, 4.69) is 5.32 Å². The highest BCUT2D eigenvalue weighted by Crippen LogP contribution is 2.20. The van der Waals surface area contributed by atoms with Crippen LogP contribution in [0.15, 0.2) is 0 Å². The third kappa shape index (κ3) is 6.77. The topological polar surface area (TPSA) is 88.1 Å². The number of hydrogen-bond acceptors (Lipinski definition) is 4. The summed E-state index contributed by atoms with van der Waals surface area (Å²) in [6, 6.07) is -1.58. The van der Waals surface area contributed by atoms with E-state index >= 15 is 0 Å². The molecule has 1 unspecified atom stereocenters. The second kappa shape index (κ2) is 8.84. The summed E-state index contributed by atoms with van der Waals surface area (Å²) in [4.78, 5) is 25.2. The Labute approximate surface area is 126 Å². The van der Waals surface area contributed by atoms with Crippen LogP contribution in [0.1, 0.15) is 27.7 Å². The first-order chi connectivity index (χ1) is 9.65. The van der Waals surface area contributed by atoms with Crippen LogP contribution in [0.2, 0.25) is 0 Å². The van der Waals surface area contributed by atoms with Crippen LogP contribution in [0.4, 0.5) is 4.79 Å². The SMILES string of the molecule is COCCN(C(=O)N[C@H](C(=O)O)C(C)(C)C)C(C)COC. The van der Waals surface area contributed by atoms with Crippen molar-refractivity contribution in [3.05, 3.63) is 0 Å². The standard InChI is InChI=1S/C14H28N2O5/c1-10(9-21-6)16(7-8-20-5)13(19)15-11(12(17)18)14(2,3)4/h10-11H,7-9H2,1-6H3,(H,15,19)(H,17,18)/t10?,11-/m1/s1. The number of nitrogens with zero attached hydrogens (tertiary/aromatic N) is 1. The fourth-order valence-electron chi connectivity index (χ4n) is 1.90. The normalized spacial score (nSPS) is 14.4. The molecular weight excluding hydrogens is 276 g/mol. The minimum absolute atomic E-state index is 0.181. The van der Waals surface area contributed by atoms with E-state index in [1.165, 1.54) is 4.90 Å². The van der Waals surface area contributed by atoms with Crippen LogP contribution in [0, 0.1) is 5.41 Å². The second-order valence-corrected chi connectivity index (χ2v) is 6.08. The number of carbonyl (C=O) groups excluding carboxylic acids is 1. The smallest absolute Gasteiger partial charge is 0.326 e.